The SMILES string of the molecule is CC1CCCCC1CNC(=O)C(C)(C)CCl. The summed E-state index contributed by atoms with van der Waals surface area (Å²) in [5.41, 5.74) is -0.445. The van der Waals surface area contributed by atoms with Crippen molar-refractivity contribution in [1.82, 2.24) is 5.32 Å². The van der Waals surface area contributed by atoms with E-state index in [1.807, 2.05) is 13.8 Å². The summed E-state index contributed by atoms with van der Waals surface area (Å²) in [6.07, 6.45) is 5.21. The maximum Gasteiger partial charge on any atom is 0.226 e. The van der Waals surface area contributed by atoms with Gasteiger partial charge in [-0.25, -0.2) is 0 Å². The first kappa shape index (κ1) is 13.8. The Labute approximate surface area is 104 Å². The number of rotatable bonds is 4. The van der Waals surface area contributed by atoms with Crippen molar-refractivity contribution in [3.63, 3.8) is 0 Å². The minimum Gasteiger partial charge on any atom is -0.355 e. The highest BCUT2D eigenvalue weighted by atomic mass is 35.5. The fourth-order valence-electron chi connectivity index (χ4n) is 2.22. The van der Waals surface area contributed by atoms with Crippen molar-refractivity contribution in [3.8, 4) is 0 Å². The molecule has 2 atom stereocenters. The summed E-state index contributed by atoms with van der Waals surface area (Å²) < 4.78 is 0. The summed E-state index contributed by atoms with van der Waals surface area (Å²) in [5, 5.41) is 3.05. The summed E-state index contributed by atoms with van der Waals surface area (Å²) in [6, 6.07) is 0. The summed E-state index contributed by atoms with van der Waals surface area (Å²) in [7, 11) is 0. The minimum atomic E-state index is -0.445. The first-order chi connectivity index (χ1) is 7.47. The molecule has 0 spiro atoms. The van der Waals surface area contributed by atoms with Crippen LogP contribution in [0.4, 0.5) is 0 Å². The van der Waals surface area contributed by atoms with E-state index in [9.17, 15) is 4.79 Å². The first-order valence-corrected chi connectivity index (χ1v) is 6.85. The molecule has 94 valence electrons. The molecule has 3 heteroatoms. The minimum absolute atomic E-state index is 0.0836. The Kier molecular flexibility index (Phi) is 5.10. The van der Waals surface area contributed by atoms with E-state index in [2.05, 4.69) is 12.2 Å². The normalized spacial score (nSPS) is 26.5. The molecule has 2 unspecified atom stereocenters. The number of hydrogen-bond acceptors (Lipinski definition) is 1. The van der Waals surface area contributed by atoms with Crippen LogP contribution in [0.5, 0.6) is 0 Å². The standard InChI is InChI=1S/C13H24ClNO/c1-10-6-4-5-7-11(10)8-15-12(16)13(2,3)9-14/h10-11H,4-9H2,1-3H3,(H,15,16). The van der Waals surface area contributed by atoms with E-state index >= 15 is 0 Å². The van der Waals surface area contributed by atoms with Crippen molar-refractivity contribution in [1.29, 1.82) is 0 Å². The van der Waals surface area contributed by atoms with Crippen LogP contribution in [0.1, 0.15) is 46.5 Å². The van der Waals surface area contributed by atoms with E-state index in [0.29, 0.717) is 11.8 Å². The molecule has 1 aliphatic rings. The number of hydrogen-bond donors (Lipinski definition) is 1. The molecule has 1 aliphatic carbocycles. The number of carbonyl (C=O) groups excluding carboxylic acids is 1. The number of carbonyl (C=O) groups is 1. The Hall–Kier alpha value is -0.240. The van der Waals surface area contributed by atoms with Gasteiger partial charge in [-0.2, -0.15) is 0 Å². The van der Waals surface area contributed by atoms with Crippen LogP contribution in [-0.4, -0.2) is 18.3 Å². The summed E-state index contributed by atoms with van der Waals surface area (Å²) >= 11 is 5.78. The van der Waals surface area contributed by atoms with Gasteiger partial charge in [0.25, 0.3) is 0 Å². The van der Waals surface area contributed by atoms with Crippen molar-refractivity contribution in [3.05, 3.63) is 0 Å². The van der Waals surface area contributed by atoms with Crippen LogP contribution < -0.4 is 5.32 Å². The maximum absolute atomic E-state index is 11.8. The van der Waals surface area contributed by atoms with Gasteiger partial charge < -0.3 is 5.32 Å². The van der Waals surface area contributed by atoms with Crippen LogP contribution in [0.2, 0.25) is 0 Å². The lowest BCUT2D eigenvalue weighted by Crippen LogP contribution is -2.41. The van der Waals surface area contributed by atoms with Crippen LogP contribution in [0, 0.1) is 17.3 Å². The summed E-state index contributed by atoms with van der Waals surface area (Å²) in [5.74, 6) is 1.86. The van der Waals surface area contributed by atoms with E-state index in [0.717, 1.165) is 12.5 Å². The van der Waals surface area contributed by atoms with E-state index in [1.165, 1.54) is 25.7 Å². The smallest absolute Gasteiger partial charge is 0.226 e. The zero-order valence-electron chi connectivity index (χ0n) is 10.7. The molecule has 1 saturated carbocycles. The Morgan fingerprint density at radius 1 is 1.38 bits per heavy atom. The second-order valence-corrected chi connectivity index (χ2v) is 6.02. The highest BCUT2D eigenvalue weighted by Crippen LogP contribution is 2.29. The Bertz CT molecular complexity index is 240. The van der Waals surface area contributed by atoms with Gasteiger partial charge in [0.05, 0.1) is 5.41 Å². The quantitative estimate of drug-likeness (QED) is 0.758. The summed E-state index contributed by atoms with van der Waals surface area (Å²) in [4.78, 5) is 11.8. The highest BCUT2D eigenvalue weighted by molar-refractivity contribution is 6.19. The van der Waals surface area contributed by atoms with Gasteiger partial charge in [0.2, 0.25) is 5.91 Å². The molecule has 1 rings (SSSR count). The second kappa shape index (κ2) is 5.90. The molecule has 0 radical (unpaired) electrons. The lowest BCUT2D eigenvalue weighted by Gasteiger charge is -2.30. The van der Waals surface area contributed by atoms with Crippen molar-refractivity contribution in [2.45, 2.75) is 46.5 Å². The molecule has 0 bridgehead atoms. The third-order valence-corrected chi connectivity index (χ3v) is 4.43. The second-order valence-electron chi connectivity index (χ2n) is 5.75. The predicted molar refractivity (Wildman–Crippen MR) is 68.6 cm³/mol. The molecule has 0 aliphatic heterocycles. The number of amides is 1. The Balaban J connectivity index is 2.36. The third-order valence-electron chi connectivity index (χ3n) is 3.76. The van der Waals surface area contributed by atoms with Gasteiger partial charge in [0.1, 0.15) is 0 Å². The molecular formula is C13H24ClNO. The molecule has 2 nitrogen and oxygen atoms in total. The molecule has 1 amide bonds. The zero-order chi connectivity index (χ0) is 12.2. The molecule has 0 aromatic carbocycles. The fourth-order valence-corrected chi connectivity index (χ4v) is 2.34. The van der Waals surface area contributed by atoms with Crippen LogP contribution >= 0.6 is 11.6 Å². The van der Waals surface area contributed by atoms with Crippen LogP contribution in [0.3, 0.4) is 0 Å². The third kappa shape index (κ3) is 3.65. The van der Waals surface area contributed by atoms with E-state index < -0.39 is 5.41 Å². The molecule has 0 saturated heterocycles. The molecule has 0 heterocycles. The Morgan fingerprint density at radius 3 is 2.56 bits per heavy atom. The Morgan fingerprint density at radius 2 is 2.00 bits per heavy atom. The summed E-state index contributed by atoms with van der Waals surface area (Å²) in [6.45, 7) is 6.89. The van der Waals surface area contributed by atoms with Gasteiger partial charge in [-0.05, 0) is 32.1 Å². The first-order valence-electron chi connectivity index (χ1n) is 6.31. The maximum atomic E-state index is 11.8. The lowest BCUT2D eigenvalue weighted by molar-refractivity contribution is -0.128. The topological polar surface area (TPSA) is 29.1 Å². The molecule has 1 N–H and O–H groups in total. The van der Waals surface area contributed by atoms with Gasteiger partial charge in [0, 0.05) is 12.4 Å². The van der Waals surface area contributed by atoms with Crippen molar-refractivity contribution in [2.24, 2.45) is 17.3 Å². The highest BCUT2D eigenvalue weighted by Gasteiger charge is 2.28. The van der Waals surface area contributed by atoms with Crippen molar-refractivity contribution >= 4 is 17.5 Å². The van der Waals surface area contributed by atoms with Gasteiger partial charge >= 0.3 is 0 Å². The monoisotopic (exact) mass is 245 g/mol. The van der Waals surface area contributed by atoms with Gasteiger partial charge in [0.15, 0.2) is 0 Å². The van der Waals surface area contributed by atoms with Crippen LogP contribution in [0.15, 0.2) is 0 Å². The van der Waals surface area contributed by atoms with Crippen molar-refractivity contribution < 1.29 is 4.79 Å². The van der Waals surface area contributed by atoms with Crippen LogP contribution in [0.25, 0.3) is 0 Å². The van der Waals surface area contributed by atoms with Gasteiger partial charge in [-0.3, -0.25) is 4.79 Å². The van der Waals surface area contributed by atoms with Gasteiger partial charge in [-0.15, -0.1) is 11.6 Å². The number of alkyl halides is 1. The molecule has 1 fully saturated rings. The molecule has 0 aromatic rings. The number of nitrogens with one attached hydrogen (secondary N) is 1. The van der Waals surface area contributed by atoms with Crippen molar-refractivity contribution in [2.75, 3.05) is 12.4 Å². The lowest BCUT2D eigenvalue weighted by atomic mass is 9.80. The van der Waals surface area contributed by atoms with Crippen LogP contribution in [-0.2, 0) is 4.79 Å². The zero-order valence-corrected chi connectivity index (χ0v) is 11.4. The average Bonchev–Trinajstić information content (AvgIpc) is 2.27. The van der Waals surface area contributed by atoms with Gasteiger partial charge in [-0.1, -0.05) is 26.2 Å². The fraction of sp³-hybridized carbons (Fsp3) is 0.923. The molecule has 16 heavy (non-hydrogen) atoms. The average molecular weight is 246 g/mol. The van der Waals surface area contributed by atoms with E-state index in [1.54, 1.807) is 0 Å². The van der Waals surface area contributed by atoms with E-state index in [-0.39, 0.29) is 5.91 Å². The molecule has 0 aromatic heterocycles. The van der Waals surface area contributed by atoms with E-state index in [4.69, 9.17) is 11.6 Å². The number of halogens is 1. The predicted octanol–water partition coefficient (Wildman–Crippen LogP) is 3.19. The largest absolute Gasteiger partial charge is 0.355 e. The molecular weight excluding hydrogens is 222 g/mol.